The van der Waals surface area contributed by atoms with E-state index in [9.17, 15) is 8.42 Å². The summed E-state index contributed by atoms with van der Waals surface area (Å²) in [7, 11) is -3.26. The molecule has 1 aromatic carbocycles. The molecule has 0 aliphatic rings. The fourth-order valence-electron chi connectivity index (χ4n) is 1.56. The molecule has 1 atom stereocenters. The molecule has 0 saturated heterocycles. The molecule has 1 aromatic rings. The number of nitrogens with two attached hydrogens (primary N) is 1. The highest BCUT2D eigenvalue weighted by atomic mass is 32.2. The molecular formula is C14H24N4O3S. The lowest BCUT2D eigenvalue weighted by atomic mass is 10.3. The normalized spacial score (nSPS) is 13.5. The van der Waals surface area contributed by atoms with Crippen molar-refractivity contribution in [1.82, 2.24) is 5.32 Å². The Balaban J connectivity index is 2.38. The van der Waals surface area contributed by atoms with Crippen LogP contribution in [-0.2, 0) is 10.0 Å². The maximum atomic E-state index is 11.1. The van der Waals surface area contributed by atoms with E-state index in [4.69, 9.17) is 10.5 Å². The van der Waals surface area contributed by atoms with Crippen LogP contribution < -0.4 is 20.5 Å². The van der Waals surface area contributed by atoms with Gasteiger partial charge in [-0.1, -0.05) is 6.92 Å². The van der Waals surface area contributed by atoms with E-state index in [2.05, 4.69) is 22.0 Å². The van der Waals surface area contributed by atoms with E-state index in [1.54, 1.807) is 24.3 Å². The molecule has 0 saturated carbocycles. The van der Waals surface area contributed by atoms with Crippen LogP contribution in [0.2, 0.25) is 0 Å². The first kappa shape index (κ1) is 18.1. The van der Waals surface area contributed by atoms with E-state index < -0.39 is 10.0 Å². The third kappa shape index (κ3) is 7.72. The number of anilines is 1. The molecule has 1 rings (SSSR count). The number of sulfonamides is 1. The SMILES string of the molecule is CCC(C)NC(N)=NCCOc1ccc(NS(C)(=O)=O)cc1. The van der Waals surface area contributed by atoms with Gasteiger partial charge < -0.3 is 15.8 Å². The fourth-order valence-corrected chi connectivity index (χ4v) is 2.13. The Bertz CT molecular complexity index is 585. The van der Waals surface area contributed by atoms with Crippen LogP contribution in [0.5, 0.6) is 5.75 Å². The summed E-state index contributed by atoms with van der Waals surface area (Å²) in [5.74, 6) is 1.05. The average molecular weight is 328 g/mol. The Kier molecular flexibility index (Phi) is 6.97. The van der Waals surface area contributed by atoms with Crippen LogP contribution in [0.1, 0.15) is 20.3 Å². The van der Waals surface area contributed by atoms with Crippen molar-refractivity contribution < 1.29 is 13.2 Å². The van der Waals surface area contributed by atoms with Crippen LogP contribution >= 0.6 is 0 Å². The maximum absolute atomic E-state index is 11.1. The average Bonchev–Trinajstić information content (AvgIpc) is 2.43. The van der Waals surface area contributed by atoms with Gasteiger partial charge in [-0.2, -0.15) is 0 Å². The summed E-state index contributed by atoms with van der Waals surface area (Å²) >= 11 is 0. The Morgan fingerprint density at radius 2 is 2.00 bits per heavy atom. The van der Waals surface area contributed by atoms with Crippen LogP contribution in [0.15, 0.2) is 29.3 Å². The highest BCUT2D eigenvalue weighted by Gasteiger charge is 2.02. The van der Waals surface area contributed by atoms with Crippen molar-refractivity contribution in [3.05, 3.63) is 24.3 Å². The van der Waals surface area contributed by atoms with Gasteiger partial charge >= 0.3 is 0 Å². The minimum Gasteiger partial charge on any atom is -0.492 e. The van der Waals surface area contributed by atoms with Crippen molar-refractivity contribution in [2.75, 3.05) is 24.1 Å². The first-order valence-electron chi connectivity index (χ1n) is 7.07. The number of nitrogens with zero attached hydrogens (tertiary/aromatic N) is 1. The number of aliphatic imine (C=N–C) groups is 1. The van der Waals surface area contributed by atoms with Crippen molar-refractivity contribution >= 4 is 21.7 Å². The zero-order valence-electron chi connectivity index (χ0n) is 13.2. The summed E-state index contributed by atoms with van der Waals surface area (Å²) in [5.41, 5.74) is 6.22. The second kappa shape index (κ2) is 8.47. The van der Waals surface area contributed by atoms with Crippen molar-refractivity contribution in [3.63, 3.8) is 0 Å². The van der Waals surface area contributed by atoms with Gasteiger partial charge in [-0.05, 0) is 37.6 Å². The molecular weight excluding hydrogens is 304 g/mol. The first-order chi connectivity index (χ1) is 10.3. The number of hydrogen-bond donors (Lipinski definition) is 3. The number of ether oxygens (including phenoxy) is 1. The van der Waals surface area contributed by atoms with Crippen molar-refractivity contribution in [2.24, 2.45) is 10.7 Å². The van der Waals surface area contributed by atoms with Crippen molar-refractivity contribution in [3.8, 4) is 5.75 Å². The molecule has 0 spiro atoms. The lowest BCUT2D eigenvalue weighted by molar-refractivity contribution is 0.328. The van der Waals surface area contributed by atoms with Gasteiger partial charge in [-0.3, -0.25) is 4.72 Å². The molecule has 1 unspecified atom stereocenters. The summed E-state index contributed by atoms with van der Waals surface area (Å²) in [4.78, 5) is 4.16. The van der Waals surface area contributed by atoms with Crippen molar-refractivity contribution in [1.29, 1.82) is 0 Å². The molecule has 0 amide bonds. The van der Waals surface area contributed by atoms with Crippen LogP contribution in [-0.4, -0.2) is 39.8 Å². The molecule has 0 aliphatic carbocycles. The summed E-state index contributed by atoms with van der Waals surface area (Å²) in [6.07, 6.45) is 2.08. The van der Waals surface area contributed by atoms with E-state index in [0.717, 1.165) is 12.7 Å². The van der Waals surface area contributed by atoms with Gasteiger partial charge in [0.1, 0.15) is 12.4 Å². The molecule has 0 bridgehead atoms. The standard InChI is InChI=1S/C14H24N4O3S/c1-4-11(2)17-14(15)16-9-10-21-13-7-5-12(6-8-13)18-22(3,19)20/h5-8,11,18H,4,9-10H2,1-3H3,(H3,15,16,17). The zero-order chi connectivity index (χ0) is 16.6. The predicted molar refractivity (Wildman–Crippen MR) is 89.8 cm³/mol. The summed E-state index contributed by atoms with van der Waals surface area (Å²) in [6.45, 7) is 4.93. The monoisotopic (exact) mass is 328 g/mol. The number of guanidine groups is 1. The molecule has 0 fully saturated rings. The number of nitrogens with one attached hydrogen (secondary N) is 2. The van der Waals surface area contributed by atoms with Crippen LogP contribution in [0.4, 0.5) is 5.69 Å². The van der Waals surface area contributed by atoms with E-state index in [0.29, 0.717) is 36.6 Å². The van der Waals surface area contributed by atoms with Crippen molar-refractivity contribution in [2.45, 2.75) is 26.3 Å². The van der Waals surface area contributed by atoms with Gasteiger partial charge in [0.2, 0.25) is 10.0 Å². The molecule has 8 heteroatoms. The molecule has 0 heterocycles. The second-order valence-electron chi connectivity index (χ2n) is 4.97. The Hall–Kier alpha value is -1.96. The lowest BCUT2D eigenvalue weighted by Gasteiger charge is -2.11. The molecule has 0 aliphatic heterocycles. The Labute approximate surface area is 132 Å². The van der Waals surface area contributed by atoms with Crippen LogP contribution in [0, 0.1) is 0 Å². The molecule has 7 nitrogen and oxygen atoms in total. The Morgan fingerprint density at radius 3 is 2.55 bits per heavy atom. The van der Waals surface area contributed by atoms with E-state index >= 15 is 0 Å². The van der Waals surface area contributed by atoms with Crippen LogP contribution in [0.3, 0.4) is 0 Å². The minimum atomic E-state index is -3.26. The lowest BCUT2D eigenvalue weighted by Crippen LogP contribution is -2.38. The highest BCUT2D eigenvalue weighted by Crippen LogP contribution is 2.16. The van der Waals surface area contributed by atoms with E-state index in [1.165, 1.54) is 0 Å². The van der Waals surface area contributed by atoms with Gasteiger partial charge in [0.05, 0.1) is 12.8 Å². The largest absolute Gasteiger partial charge is 0.492 e. The van der Waals surface area contributed by atoms with E-state index in [-0.39, 0.29) is 0 Å². The molecule has 22 heavy (non-hydrogen) atoms. The molecule has 0 aromatic heterocycles. The topological polar surface area (TPSA) is 106 Å². The maximum Gasteiger partial charge on any atom is 0.229 e. The van der Waals surface area contributed by atoms with Gasteiger partial charge in [-0.25, -0.2) is 13.4 Å². The Morgan fingerprint density at radius 1 is 1.36 bits per heavy atom. The third-order valence-electron chi connectivity index (χ3n) is 2.81. The van der Waals surface area contributed by atoms with Crippen LogP contribution in [0.25, 0.3) is 0 Å². The van der Waals surface area contributed by atoms with Gasteiger partial charge in [0.25, 0.3) is 0 Å². The van der Waals surface area contributed by atoms with E-state index in [1.807, 2.05) is 6.92 Å². The molecule has 0 radical (unpaired) electrons. The highest BCUT2D eigenvalue weighted by molar-refractivity contribution is 7.92. The molecule has 4 N–H and O–H groups in total. The zero-order valence-corrected chi connectivity index (χ0v) is 14.0. The quantitative estimate of drug-likeness (QED) is 0.377. The third-order valence-corrected chi connectivity index (χ3v) is 3.41. The fraction of sp³-hybridized carbons (Fsp3) is 0.500. The van der Waals surface area contributed by atoms with Gasteiger partial charge in [0, 0.05) is 11.7 Å². The summed E-state index contributed by atoms with van der Waals surface area (Å²) in [5, 5.41) is 3.06. The number of hydrogen-bond acceptors (Lipinski definition) is 4. The smallest absolute Gasteiger partial charge is 0.229 e. The number of benzene rings is 1. The summed E-state index contributed by atoms with van der Waals surface area (Å²) < 4.78 is 30.1. The minimum absolute atomic E-state index is 0.291. The van der Waals surface area contributed by atoms with Gasteiger partial charge in [-0.15, -0.1) is 0 Å². The molecule has 124 valence electrons. The second-order valence-corrected chi connectivity index (χ2v) is 6.72. The first-order valence-corrected chi connectivity index (χ1v) is 8.96. The number of rotatable bonds is 8. The van der Waals surface area contributed by atoms with Gasteiger partial charge in [0.15, 0.2) is 5.96 Å². The summed E-state index contributed by atoms with van der Waals surface area (Å²) in [6, 6.07) is 6.95. The predicted octanol–water partition coefficient (Wildman–Crippen LogP) is 1.14.